The largest absolute Gasteiger partial charge is 0.324 e. The van der Waals surface area contributed by atoms with Crippen LogP contribution >= 0.6 is 0 Å². The molecular formula is C34H24N8. The van der Waals surface area contributed by atoms with Crippen LogP contribution in [0.15, 0.2) is 84.9 Å². The van der Waals surface area contributed by atoms with Crippen LogP contribution in [0.2, 0.25) is 0 Å². The molecule has 2 aliphatic rings. The summed E-state index contributed by atoms with van der Waals surface area (Å²) in [5.41, 5.74) is 8.20. The van der Waals surface area contributed by atoms with Crippen LogP contribution in [0.1, 0.15) is 25.0 Å². The highest BCUT2D eigenvalue weighted by molar-refractivity contribution is 6.05. The van der Waals surface area contributed by atoms with Crippen LogP contribution in [0.4, 0.5) is 0 Å². The van der Waals surface area contributed by atoms with E-state index in [0.29, 0.717) is 45.9 Å². The molecule has 2 N–H and O–H groups in total. The summed E-state index contributed by atoms with van der Waals surface area (Å²) in [5, 5.41) is 1.90. The van der Waals surface area contributed by atoms with Crippen molar-refractivity contribution in [1.82, 2.24) is 39.9 Å². The maximum absolute atomic E-state index is 5.06. The maximum Gasteiger partial charge on any atom is 0.164 e. The number of allylic oxidation sites excluding steroid dienone is 2. The van der Waals surface area contributed by atoms with Crippen molar-refractivity contribution in [2.75, 3.05) is 0 Å². The fraction of sp³-hybridized carbons (Fsp3) is 0.0588. The number of hydrogen-bond acceptors (Lipinski definition) is 6. The Kier molecular flexibility index (Phi) is 5.40. The Hall–Kier alpha value is -5.76. The molecule has 0 atom stereocenters. The molecule has 3 aromatic heterocycles. The van der Waals surface area contributed by atoms with E-state index in [9.17, 15) is 0 Å². The zero-order chi connectivity index (χ0) is 28.2. The average molecular weight is 545 g/mol. The van der Waals surface area contributed by atoms with Crippen molar-refractivity contribution in [1.29, 1.82) is 0 Å². The summed E-state index contributed by atoms with van der Waals surface area (Å²) in [6.07, 6.45) is 8.08. The van der Waals surface area contributed by atoms with E-state index in [1.54, 1.807) is 0 Å². The zero-order valence-corrected chi connectivity index (χ0v) is 22.9. The minimum absolute atomic E-state index is 0.585. The van der Waals surface area contributed by atoms with Crippen LogP contribution in [0.25, 0.3) is 91.1 Å². The van der Waals surface area contributed by atoms with Crippen LogP contribution in [0.5, 0.6) is 0 Å². The first-order valence-electron chi connectivity index (χ1n) is 13.8. The number of aromatic nitrogens is 8. The second-order valence-corrected chi connectivity index (χ2v) is 10.1. The molecule has 0 amide bonds. The summed E-state index contributed by atoms with van der Waals surface area (Å²) in [6, 6.07) is 24.2. The van der Waals surface area contributed by atoms with Crippen LogP contribution < -0.4 is 0 Å². The Morgan fingerprint density at radius 2 is 0.762 bits per heavy atom. The Balaban J connectivity index is 1.60. The molecule has 8 bridgehead atoms. The smallest absolute Gasteiger partial charge is 0.164 e. The predicted molar refractivity (Wildman–Crippen MR) is 168 cm³/mol. The van der Waals surface area contributed by atoms with E-state index in [1.807, 2.05) is 111 Å². The van der Waals surface area contributed by atoms with E-state index in [-0.39, 0.29) is 0 Å². The number of nitrogens with one attached hydrogen (secondary N) is 2. The predicted octanol–water partition coefficient (Wildman–Crippen LogP) is 7.78. The Labute approximate surface area is 240 Å². The number of benzene rings is 3. The molecule has 3 aromatic carbocycles. The highest BCUT2D eigenvalue weighted by atomic mass is 15.1. The quantitative estimate of drug-likeness (QED) is 0.230. The van der Waals surface area contributed by atoms with E-state index >= 15 is 0 Å². The second-order valence-electron chi connectivity index (χ2n) is 10.1. The molecule has 8 heteroatoms. The van der Waals surface area contributed by atoms with Gasteiger partial charge in [0, 0.05) is 44.2 Å². The fourth-order valence-corrected chi connectivity index (χ4v) is 5.62. The number of aromatic amines is 2. The van der Waals surface area contributed by atoms with Gasteiger partial charge < -0.3 is 9.97 Å². The molecule has 0 saturated carbocycles. The highest BCUT2D eigenvalue weighted by Gasteiger charge is 2.22. The van der Waals surface area contributed by atoms with E-state index in [0.717, 1.165) is 44.2 Å². The van der Waals surface area contributed by atoms with Crippen LogP contribution in [-0.4, -0.2) is 39.9 Å². The summed E-state index contributed by atoms with van der Waals surface area (Å²) in [4.78, 5) is 37.0. The number of nitrogens with zero attached hydrogens (tertiary/aromatic N) is 6. The number of H-pyrrole nitrogens is 2. The lowest BCUT2D eigenvalue weighted by molar-refractivity contribution is 1.19. The molecule has 0 saturated heterocycles. The summed E-state index contributed by atoms with van der Waals surface area (Å²) in [7, 11) is 0. The Bertz CT molecular complexity index is 2130. The number of fused-ring (bicyclic) bond motifs is 17. The van der Waals surface area contributed by atoms with Crippen LogP contribution in [-0.2, 0) is 0 Å². The molecule has 42 heavy (non-hydrogen) atoms. The van der Waals surface area contributed by atoms with E-state index in [2.05, 4.69) is 9.97 Å². The van der Waals surface area contributed by atoms with Gasteiger partial charge in [-0.25, -0.2) is 29.9 Å². The van der Waals surface area contributed by atoms with Gasteiger partial charge in [0.2, 0.25) is 0 Å². The molecule has 0 unspecified atom stereocenters. The number of hydrogen-bond donors (Lipinski definition) is 2. The maximum atomic E-state index is 5.06. The van der Waals surface area contributed by atoms with Gasteiger partial charge >= 0.3 is 0 Å². The topological polar surface area (TPSA) is 109 Å². The molecule has 0 aliphatic carbocycles. The SMILES string of the molecule is C/C=C\c1c(/C=C\C)c2nc3nc(nc4[nH]c(nc5nc(nc1[nH]2)-c1ccccc1-5)c1ccccc41)-c1ccccc1-3. The molecule has 0 spiro atoms. The number of rotatable bonds is 2. The molecule has 0 fully saturated rings. The zero-order valence-electron chi connectivity index (χ0n) is 22.9. The van der Waals surface area contributed by atoms with Crippen molar-refractivity contribution in [2.24, 2.45) is 0 Å². The third-order valence-electron chi connectivity index (χ3n) is 7.49. The van der Waals surface area contributed by atoms with E-state index in [1.165, 1.54) is 0 Å². The van der Waals surface area contributed by atoms with Gasteiger partial charge in [-0.1, -0.05) is 97.1 Å². The molecular weight excluding hydrogens is 520 g/mol. The summed E-state index contributed by atoms with van der Waals surface area (Å²) >= 11 is 0. The standard InChI is InChI=1S/C34H24N8/c1-3-11-19-20(12-4-2)28-35-27(19)36-29-21-13-5-7-15-23(21)31(38-29)40-33-25-17-9-10-18-26(25)34(42-33)41-32-24-16-8-6-14-22(24)30(37-28)39-32/h3-18H,1-2H3,(H2,35,36,37,38,39,40,41,42)/b11-3-,12-4-. The van der Waals surface area contributed by atoms with Crippen molar-refractivity contribution < 1.29 is 0 Å². The Morgan fingerprint density at radius 1 is 0.429 bits per heavy atom. The lowest BCUT2D eigenvalue weighted by Crippen LogP contribution is -1.83. The fourth-order valence-electron chi connectivity index (χ4n) is 5.62. The molecule has 6 aromatic rings. The third kappa shape index (κ3) is 3.69. The van der Waals surface area contributed by atoms with Crippen molar-refractivity contribution >= 4 is 45.5 Å². The van der Waals surface area contributed by atoms with Crippen LogP contribution in [0, 0.1) is 0 Å². The van der Waals surface area contributed by atoms with Gasteiger partial charge in [-0.05, 0) is 13.8 Å². The average Bonchev–Trinajstić information content (AvgIpc) is 3.74. The van der Waals surface area contributed by atoms with Gasteiger partial charge in [0.05, 0.1) is 0 Å². The lowest BCUT2D eigenvalue weighted by Gasteiger charge is -1.97. The highest BCUT2D eigenvalue weighted by Crippen LogP contribution is 2.36. The van der Waals surface area contributed by atoms with Crippen molar-refractivity contribution in [3.8, 4) is 45.6 Å². The van der Waals surface area contributed by atoms with Crippen molar-refractivity contribution in [2.45, 2.75) is 13.8 Å². The molecule has 5 heterocycles. The lowest BCUT2D eigenvalue weighted by atomic mass is 10.1. The second kappa shape index (κ2) is 9.42. The van der Waals surface area contributed by atoms with Crippen molar-refractivity contribution in [3.05, 3.63) is 96.1 Å². The molecule has 8 rings (SSSR count). The summed E-state index contributed by atoms with van der Waals surface area (Å²) < 4.78 is 0. The van der Waals surface area contributed by atoms with Gasteiger partial charge in [0.15, 0.2) is 23.3 Å². The molecule has 8 nitrogen and oxygen atoms in total. The van der Waals surface area contributed by atoms with Crippen molar-refractivity contribution in [3.63, 3.8) is 0 Å². The van der Waals surface area contributed by atoms with E-state index in [4.69, 9.17) is 29.9 Å². The first-order chi connectivity index (χ1) is 20.7. The normalized spacial score (nSPS) is 12.3. The van der Waals surface area contributed by atoms with E-state index < -0.39 is 0 Å². The first-order valence-corrected chi connectivity index (χ1v) is 13.8. The first kappa shape index (κ1) is 24.1. The summed E-state index contributed by atoms with van der Waals surface area (Å²) in [5.74, 6) is 2.35. The minimum atomic E-state index is 0.585. The minimum Gasteiger partial charge on any atom is -0.324 e. The summed E-state index contributed by atoms with van der Waals surface area (Å²) in [6.45, 7) is 3.98. The van der Waals surface area contributed by atoms with Crippen LogP contribution in [0.3, 0.4) is 0 Å². The van der Waals surface area contributed by atoms with Gasteiger partial charge in [0.1, 0.15) is 22.6 Å². The van der Waals surface area contributed by atoms with Gasteiger partial charge in [-0.2, -0.15) is 0 Å². The van der Waals surface area contributed by atoms with Gasteiger partial charge in [-0.3, -0.25) is 0 Å². The Morgan fingerprint density at radius 3 is 1.14 bits per heavy atom. The van der Waals surface area contributed by atoms with Gasteiger partial charge in [-0.15, -0.1) is 0 Å². The monoisotopic (exact) mass is 544 g/mol. The molecule has 2 aliphatic heterocycles. The van der Waals surface area contributed by atoms with Gasteiger partial charge in [0.25, 0.3) is 0 Å². The molecule has 0 radical (unpaired) electrons. The molecule has 200 valence electrons. The third-order valence-corrected chi connectivity index (χ3v) is 7.49.